The Labute approximate surface area is 173 Å². The van der Waals surface area contributed by atoms with Crippen LogP contribution in [0.15, 0.2) is 53.6 Å². The van der Waals surface area contributed by atoms with Crippen LogP contribution in [0.1, 0.15) is 24.5 Å². The largest absolute Gasteiger partial charge is 0.338 e. The number of nitrogens with zero attached hydrogens (tertiary/aromatic N) is 2. The molecule has 8 heteroatoms. The normalized spacial score (nSPS) is 13.9. The molecule has 146 valence electrons. The van der Waals surface area contributed by atoms with E-state index in [0.29, 0.717) is 29.6 Å². The Bertz CT molecular complexity index is 886. The molecule has 0 atom stereocenters. The SMILES string of the molecule is CCCNC(=O)Nc1cccc(CN2N=C(c3ccc(Cl)cc3)CSC2=O)c1. The Hall–Kier alpha value is -2.51. The Morgan fingerprint density at radius 2 is 2.04 bits per heavy atom. The topological polar surface area (TPSA) is 73.8 Å². The molecule has 28 heavy (non-hydrogen) atoms. The molecule has 0 saturated heterocycles. The quantitative estimate of drug-likeness (QED) is 0.700. The van der Waals surface area contributed by atoms with E-state index in [9.17, 15) is 9.59 Å². The second-order valence-corrected chi connectivity index (χ2v) is 7.61. The first-order chi connectivity index (χ1) is 13.5. The van der Waals surface area contributed by atoms with E-state index >= 15 is 0 Å². The number of hydrazone groups is 1. The van der Waals surface area contributed by atoms with E-state index in [-0.39, 0.29) is 11.3 Å². The zero-order valence-corrected chi connectivity index (χ0v) is 17.0. The molecule has 0 unspecified atom stereocenters. The summed E-state index contributed by atoms with van der Waals surface area (Å²) >= 11 is 7.16. The van der Waals surface area contributed by atoms with Crippen LogP contribution < -0.4 is 10.6 Å². The van der Waals surface area contributed by atoms with Crippen LogP contribution in [-0.4, -0.2) is 34.3 Å². The number of carbonyl (C=O) groups excluding carboxylic acids is 2. The average Bonchev–Trinajstić information content (AvgIpc) is 2.69. The van der Waals surface area contributed by atoms with Gasteiger partial charge < -0.3 is 10.6 Å². The van der Waals surface area contributed by atoms with Crippen LogP contribution in [0.5, 0.6) is 0 Å². The molecule has 0 spiro atoms. The smallest absolute Gasteiger partial charge is 0.319 e. The minimum absolute atomic E-state index is 0.100. The van der Waals surface area contributed by atoms with Gasteiger partial charge >= 0.3 is 11.3 Å². The highest BCUT2D eigenvalue weighted by Gasteiger charge is 2.22. The van der Waals surface area contributed by atoms with E-state index in [4.69, 9.17) is 11.6 Å². The molecule has 2 aromatic rings. The summed E-state index contributed by atoms with van der Waals surface area (Å²) in [7, 11) is 0. The van der Waals surface area contributed by atoms with E-state index in [1.807, 2.05) is 55.5 Å². The first kappa shape index (κ1) is 20.2. The molecule has 6 nitrogen and oxygen atoms in total. The van der Waals surface area contributed by atoms with Crippen LogP contribution in [0.2, 0.25) is 5.02 Å². The van der Waals surface area contributed by atoms with E-state index in [1.165, 1.54) is 16.8 Å². The number of halogens is 1. The van der Waals surface area contributed by atoms with Crippen LogP contribution >= 0.6 is 23.4 Å². The number of benzene rings is 2. The van der Waals surface area contributed by atoms with E-state index < -0.39 is 0 Å². The molecular formula is C20H21ClN4O2S. The number of amides is 3. The van der Waals surface area contributed by atoms with Crippen LogP contribution in [0.25, 0.3) is 0 Å². The average molecular weight is 417 g/mol. The van der Waals surface area contributed by atoms with Gasteiger partial charge in [-0.2, -0.15) is 5.10 Å². The maximum absolute atomic E-state index is 12.3. The lowest BCUT2D eigenvalue weighted by Gasteiger charge is -2.23. The van der Waals surface area contributed by atoms with Gasteiger partial charge in [-0.3, -0.25) is 4.79 Å². The first-order valence-corrected chi connectivity index (χ1v) is 10.3. The minimum Gasteiger partial charge on any atom is -0.338 e. The van der Waals surface area contributed by atoms with Crippen molar-refractivity contribution in [3.63, 3.8) is 0 Å². The zero-order valence-electron chi connectivity index (χ0n) is 15.4. The van der Waals surface area contributed by atoms with Gasteiger partial charge in [0.1, 0.15) is 0 Å². The third kappa shape index (κ3) is 5.50. The van der Waals surface area contributed by atoms with Crippen molar-refractivity contribution >= 4 is 46.0 Å². The fourth-order valence-electron chi connectivity index (χ4n) is 2.64. The number of nitrogens with one attached hydrogen (secondary N) is 2. The molecule has 1 aliphatic rings. The minimum atomic E-state index is -0.244. The van der Waals surface area contributed by atoms with Crippen molar-refractivity contribution in [3.05, 3.63) is 64.7 Å². The fraction of sp³-hybridized carbons (Fsp3) is 0.250. The number of thioether (sulfide) groups is 1. The molecule has 3 amide bonds. The standard InChI is InChI=1S/C20H21ClN4O2S/c1-2-10-22-19(26)23-17-5-3-4-14(11-17)12-25-20(27)28-13-18(24-25)15-6-8-16(21)9-7-15/h3-9,11H,2,10,12-13H2,1H3,(H2,22,23,26). The third-order valence-electron chi connectivity index (χ3n) is 4.01. The van der Waals surface area contributed by atoms with Gasteiger partial charge in [0.2, 0.25) is 0 Å². The summed E-state index contributed by atoms with van der Waals surface area (Å²) in [5.41, 5.74) is 3.32. The van der Waals surface area contributed by atoms with Crippen LogP contribution in [0.3, 0.4) is 0 Å². The molecule has 2 N–H and O–H groups in total. The molecule has 2 aromatic carbocycles. The van der Waals surface area contributed by atoms with Gasteiger partial charge in [-0.05, 0) is 41.8 Å². The molecule has 0 bridgehead atoms. The van der Waals surface area contributed by atoms with E-state index in [2.05, 4.69) is 15.7 Å². The van der Waals surface area contributed by atoms with E-state index in [1.54, 1.807) is 0 Å². The molecule has 1 heterocycles. The lowest BCUT2D eigenvalue weighted by Crippen LogP contribution is -2.30. The van der Waals surface area contributed by atoms with Crippen LogP contribution in [0.4, 0.5) is 15.3 Å². The highest BCUT2D eigenvalue weighted by molar-refractivity contribution is 8.14. The van der Waals surface area contributed by atoms with Crippen molar-refractivity contribution < 1.29 is 9.59 Å². The van der Waals surface area contributed by atoms with E-state index in [0.717, 1.165) is 23.3 Å². The Morgan fingerprint density at radius 3 is 2.79 bits per heavy atom. The van der Waals surface area contributed by atoms with Gasteiger partial charge in [-0.15, -0.1) is 0 Å². The predicted octanol–water partition coefficient (Wildman–Crippen LogP) is 4.94. The van der Waals surface area contributed by atoms with Crippen LogP contribution in [0, 0.1) is 0 Å². The highest BCUT2D eigenvalue weighted by atomic mass is 35.5. The fourth-order valence-corrected chi connectivity index (χ4v) is 3.50. The maximum Gasteiger partial charge on any atom is 0.319 e. The van der Waals surface area contributed by atoms with Gasteiger partial charge in [-0.25, -0.2) is 9.80 Å². The van der Waals surface area contributed by atoms with Gasteiger partial charge in [0.25, 0.3) is 0 Å². The second kappa shape index (κ2) is 9.61. The Balaban J connectivity index is 1.71. The van der Waals surface area contributed by atoms with Crippen molar-refractivity contribution in [2.75, 3.05) is 17.6 Å². The Kier molecular flexibility index (Phi) is 6.95. The van der Waals surface area contributed by atoms with Crippen molar-refractivity contribution in [2.24, 2.45) is 5.10 Å². The third-order valence-corrected chi connectivity index (χ3v) is 5.14. The summed E-state index contributed by atoms with van der Waals surface area (Å²) in [4.78, 5) is 24.1. The number of hydrogen-bond donors (Lipinski definition) is 2. The summed E-state index contributed by atoms with van der Waals surface area (Å²) in [6.07, 6.45) is 0.871. The second-order valence-electron chi connectivity index (χ2n) is 6.25. The number of rotatable bonds is 6. The molecule has 3 rings (SSSR count). The molecule has 1 aliphatic heterocycles. The Morgan fingerprint density at radius 1 is 1.25 bits per heavy atom. The van der Waals surface area contributed by atoms with Gasteiger partial charge in [-0.1, -0.05) is 54.6 Å². The molecule has 0 radical (unpaired) electrons. The number of carbonyl (C=O) groups is 2. The lowest BCUT2D eigenvalue weighted by molar-refractivity contribution is 0.222. The summed E-state index contributed by atoms with van der Waals surface area (Å²) in [6, 6.07) is 14.6. The van der Waals surface area contributed by atoms with Crippen molar-refractivity contribution in [1.29, 1.82) is 0 Å². The molecule has 0 fully saturated rings. The number of anilines is 1. The highest BCUT2D eigenvalue weighted by Crippen LogP contribution is 2.23. The van der Waals surface area contributed by atoms with Gasteiger partial charge in [0.15, 0.2) is 0 Å². The van der Waals surface area contributed by atoms with Crippen molar-refractivity contribution in [1.82, 2.24) is 10.3 Å². The van der Waals surface area contributed by atoms with Gasteiger partial charge in [0.05, 0.1) is 12.3 Å². The van der Waals surface area contributed by atoms with Crippen molar-refractivity contribution in [2.45, 2.75) is 19.9 Å². The summed E-state index contributed by atoms with van der Waals surface area (Å²) < 4.78 is 0. The summed E-state index contributed by atoms with van der Waals surface area (Å²) in [5.74, 6) is 0.524. The summed E-state index contributed by atoms with van der Waals surface area (Å²) in [5, 5.41) is 12.1. The predicted molar refractivity (Wildman–Crippen MR) is 115 cm³/mol. The summed E-state index contributed by atoms with van der Waals surface area (Å²) in [6.45, 7) is 2.94. The molecule has 0 aromatic heterocycles. The molecular weight excluding hydrogens is 396 g/mol. The van der Waals surface area contributed by atoms with Crippen molar-refractivity contribution in [3.8, 4) is 0 Å². The number of hydrogen-bond acceptors (Lipinski definition) is 4. The lowest BCUT2D eigenvalue weighted by atomic mass is 10.1. The monoisotopic (exact) mass is 416 g/mol. The van der Waals surface area contributed by atoms with Crippen LogP contribution in [-0.2, 0) is 6.54 Å². The number of urea groups is 1. The molecule has 0 saturated carbocycles. The molecule has 0 aliphatic carbocycles. The maximum atomic E-state index is 12.3. The first-order valence-electron chi connectivity index (χ1n) is 8.96. The van der Waals surface area contributed by atoms with Gasteiger partial charge in [0, 0.05) is 23.0 Å². The zero-order chi connectivity index (χ0) is 19.9.